The van der Waals surface area contributed by atoms with Gasteiger partial charge in [0.15, 0.2) is 0 Å². The fraction of sp³-hybridized carbons (Fsp3) is 0.211. The Kier molecular flexibility index (Phi) is 5.53. The van der Waals surface area contributed by atoms with Gasteiger partial charge in [-0.2, -0.15) is 0 Å². The largest absolute Gasteiger partial charge is 0.442 e. The maximum Gasteiger partial charge on any atom is 0.414 e. The predicted molar refractivity (Wildman–Crippen MR) is 97.8 cm³/mol. The Morgan fingerprint density at radius 3 is 2.46 bits per heavy atom. The van der Waals surface area contributed by atoms with E-state index in [0.717, 1.165) is 17.0 Å². The van der Waals surface area contributed by atoms with Gasteiger partial charge in [0, 0.05) is 12.6 Å². The second-order valence-corrected chi connectivity index (χ2v) is 6.18. The zero-order chi connectivity index (χ0) is 20.3. The first kappa shape index (κ1) is 19.3. The summed E-state index contributed by atoms with van der Waals surface area (Å²) in [6.07, 6.45) is -0.856. The van der Waals surface area contributed by atoms with Gasteiger partial charge in [0.1, 0.15) is 17.7 Å². The molecule has 2 N–H and O–H groups in total. The lowest BCUT2D eigenvalue weighted by Crippen LogP contribution is -2.33. The van der Waals surface area contributed by atoms with Crippen LogP contribution in [0.4, 0.5) is 25.0 Å². The van der Waals surface area contributed by atoms with Crippen molar-refractivity contribution in [3.63, 3.8) is 0 Å². The SMILES string of the molecule is CC(=O)NC[C@H]1CN(c2cc(F)c(-c3ccc(NC=O)cc3)c(F)c2)C(=O)O1. The summed E-state index contributed by atoms with van der Waals surface area (Å²) in [5, 5.41) is 4.96. The number of cyclic esters (lactones) is 1. The first-order valence-electron chi connectivity index (χ1n) is 8.41. The molecule has 1 fully saturated rings. The second kappa shape index (κ2) is 8.03. The third kappa shape index (κ3) is 4.08. The van der Waals surface area contributed by atoms with Gasteiger partial charge >= 0.3 is 6.09 Å². The average Bonchev–Trinajstić information content (AvgIpc) is 3.02. The summed E-state index contributed by atoms with van der Waals surface area (Å²) in [6.45, 7) is 1.50. The Hall–Kier alpha value is -3.49. The number of carbonyl (C=O) groups is 3. The smallest absolute Gasteiger partial charge is 0.414 e. The highest BCUT2D eigenvalue weighted by molar-refractivity contribution is 5.90. The van der Waals surface area contributed by atoms with Gasteiger partial charge in [-0.3, -0.25) is 14.5 Å². The topological polar surface area (TPSA) is 87.7 Å². The summed E-state index contributed by atoms with van der Waals surface area (Å²) >= 11 is 0. The lowest BCUT2D eigenvalue weighted by molar-refractivity contribution is -0.119. The van der Waals surface area contributed by atoms with Crippen LogP contribution in [0.5, 0.6) is 0 Å². The van der Waals surface area contributed by atoms with Crippen molar-refractivity contribution in [1.29, 1.82) is 0 Å². The Morgan fingerprint density at radius 1 is 1.25 bits per heavy atom. The minimum absolute atomic E-state index is 0.0216. The maximum atomic E-state index is 14.6. The van der Waals surface area contributed by atoms with Gasteiger partial charge in [0.05, 0.1) is 24.3 Å². The van der Waals surface area contributed by atoms with E-state index in [1.807, 2.05) is 0 Å². The summed E-state index contributed by atoms with van der Waals surface area (Å²) in [4.78, 5) is 34.5. The molecule has 0 bridgehead atoms. The summed E-state index contributed by atoms with van der Waals surface area (Å²) in [5.74, 6) is -1.96. The van der Waals surface area contributed by atoms with Crippen molar-refractivity contribution in [3.8, 4) is 11.1 Å². The highest BCUT2D eigenvalue weighted by atomic mass is 19.1. The molecular formula is C19H17F2N3O4. The van der Waals surface area contributed by atoms with Crippen LogP contribution in [0.25, 0.3) is 11.1 Å². The number of hydrogen-bond donors (Lipinski definition) is 2. The summed E-state index contributed by atoms with van der Waals surface area (Å²) in [7, 11) is 0. The number of anilines is 2. The van der Waals surface area contributed by atoms with Gasteiger partial charge in [-0.15, -0.1) is 0 Å². The normalized spacial score (nSPS) is 15.9. The Bertz CT molecular complexity index is 895. The van der Waals surface area contributed by atoms with Crippen LogP contribution in [-0.2, 0) is 14.3 Å². The van der Waals surface area contributed by atoms with E-state index in [1.54, 1.807) is 0 Å². The van der Waals surface area contributed by atoms with Gasteiger partial charge < -0.3 is 15.4 Å². The first-order valence-corrected chi connectivity index (χ1v) is 8.41. The summed E-state index contributed by atoms with van der Waals surface area (Å²) < 4.78 is 34.4. The quantitative estimate of drug-likeness (QED) is 0.744. The van der Waals surface area contributed by atoms with Crippen LogP contribution >= 0.6 is 0 Å². The molecule has 2 aromatic carbocycles. The molecule has 146 valence electrons. The fourth-order valence-corrected chi connectivity index (χ4v) is 2.89. The van der Waals surface area contributed by atoms with Gasteiger partial charge in [-0.05, 0) is 29.8 Å². The van der Waals surface area contributed by atoms with Crippen LogP contribution in [0.3, 0.4) is 0 Å². The van der Waals surface area contributed by atoms with Crippen LogP contribution < -0.4 is 15.5 Å². The molecule has 0 radical (unpaired) electrons. The van der Waals surface area contributed by atoms with Crippen LogP contribution in [0, 0.1) is 11.6 Å². The van der Waals surface area contributed by atoms with E-state index in [2.05, 4.69) is 10.6 Å². The molecule has 0 aromatic heterocycles. The molecule has 1 aliphatic heterocycles. The molecule has 28 heavy (non-hydrogen) atoms. The van der Waals surface area contributed by atoms with Crippen molar-refractivity contribution >= 4 is 29.8 Å². The zero-order valence-electron chi connectivity index (χ0n) is 14.9. The molecule has 1 atom stereocenters. The zero-order valence-corrected chi connectivity index (χ0v) is 14.9. The minimum Gasteiger partial charge on any atom is -0.442 e. The minimum atomic E-state index is -0.843. The first-order chi connectivity index (χ1) is 13.4. The Balaban J connectivity index is 1.83. The van der Waals surface area contributed by atoms with Crippen molar-refractivity contribution < 1.29 is 27.9 Å². The number of nitrogens with zero attached hydrogens (tertiary/aromatic N) is 1. The number of benzene rings is 2. The molecule has 1 saturated heterocycles. The highest BCUT2D eigenvalue weighted by Crippen LogP contribution is 2.32. The third-order valence-electron chi connectivity index (χ3n) is 4.19. The van der Waals surface area contributed by atoms with Crippen LogP contribution in [0.2, 0.25) is 0 Å². The lowest BCUT2D eigenvalue weighted by atomic mass is 10.0. The van der Waals surface area contributed by atoms with Gasteiger partial charge in [-0.1, -0.05) is 12.1 Å². The molecule has 9 heteroatoms. The third-order valence-corrected chi connectivity index (χ3v) is 4.19. The molecule has 1 heterocycles. The lowest BCUT2D eigenvalue weighted by Gasteiger charge is -2.15. The molecule has 0 spiro atoms. The van der Waals surface area contributed by atoms with Gasteiger partial charge in [0.2, 0.25) is 12.3 Å². The molecule has 3 rings (SSSR count). The van der Waals surface area contributed by atoms with E-state index in [1.165, 1.54) is 31.2 Å². The fourth-order valence-electron chi connectivity index (χ4n) is 2.89. The standard InChI is InChI=1S/C19H17F2N3O4/c1-11(26)22-8-15-9-24(19(27)28-15)14-6-16(20)18(17(21)7-14)12-2-4-13(5-3-12)23-10-25/h2-7,10,15H,8-9H2,1H3,(H,22,26)(H,23,25)/t15-/m0/s1. The van der Waals surface area contributed by atoms with Crippen molar-refractivity contribution in [2.24, 2.45) is 0 Å². The molecule has 0 unspecified atom stereocenters. The molecule has 7 nitrogen and oxygen atoms in total. The molecule has 0 aliphatic carbocycles. The van der Waals surface area contributed by atoms with Crippen molar-refractivity contribution in [1.82, 2.24) is 5.32 Å². The van der Waals surface area contributed by atoms with E-state index in [0.29, 0.717) is 12.1 Å². The number of rotatable bonds is 6. The number of carbonyl (C=O) groups excluding carboxylic acids is 3. The Morgan fingerprint density at radius 2 is 1.89 bits per heavy atom. The van der Waals surface area contributed by atoms with E-state index in [4.69, 9.17) is 4.74 Å². The molecule has 0 saturated carbocycles. The van der Waals surface area contributed by atoms with Crippen molar-refractivity contribution in [3.05, 3.63) is 48.0 Å². The summed E-state index contributed by atoms with van der Waals surface area (Å²) in [6, 6.07) is 8.08. The van der Waals surface area contributed by atoms with Crippen molar-refractivity contribution in [2.75, 3.05) is 23.3 Å². The van der Waals surface area contributed by atoms with Crippen LogP contribution in [0.1, 0.15) is 6.92 Å². The number of halogens is 2. The maximum absolute atomic E-state index is 14.6. The predicted octanol–water partition coefficient (Wildman–Crippen LogP) is 2.66. The number of hydrogen-bond acceptors (Lipinski definition) is 4. The average molecular weight is 389 g/mol. The summed E-state index contributed by atoms with van der Waals surface area (Å²) in [5.41, 5.74) is 0.545. The second-order valence-electron chi connectivity index (χ2n) is 6.18. The highest BCUT2D eigenvalue weighted by Gasteiger charge is 2.33. The Labute approximate surface area is 159 Å². The molecular weight excluding hydrogens is 372 g/mol. The van der Waals surface area contributed by atoms with E-state index in [9.17, 15) is 23.2 Å². The van der Waals surface area contributed by atoms with Gasteiger partial charge in [-0.25, -0.2) is 13.6 Å². The molecule has 1 aliphatic rings. The number of nitrogens with one attached hydrogen (secondary N) is 2. The van der Waals surface area contributed by atoms with Gasteiger partial charge in [0.25, 0.3) is 0 Å². The van der Waals surface area contributed by atoms with E-state index < -0.39 is 23.8 Å². The number of amides is 3. The number of ether oxygens (including phenoxy) is 1. The van der Waals surface area contributed by atoms with Crippen molar-refractivity contribution in [2.45, 2.75) is 13.0 Å². The van der Waals surface area contributed by atoms with E-state index >= 15 is 0 Å². The van der Waals surface area contributed by atoms with Crippen LogP contribution in [-0.4, -0.2) is 37.6 Å². The molecule has 3 amide bonds. The molecule has 2 aromatic rings. The van der Waals surface area contributed by atoms with Crippen LogP contribution in [0.15, 0.2) is 36.4 Å². The van der Waals surface area contributed by atoms with E-state index in [-0.39, 0.29) is 35.8 Å². The monoisotopic (exact) mass is 389 g/mol.